The van der Waals surface area contributed by atoms with Crippen LogP contribution in [0.1, 0.15) is 63.4 Å². The number of rotatable bonds is 11. The van der Waals surface area contributed by atoms with Crippen LogP contribution in [0.2, 0.25) is 0 Å². The van der Waals surface area contributed by atoms with Gasteiger partial charge < -0.3 is 5.11 Å². The number of amides is 2. The van der Waals surface area contributed by atoms with E-state index in [2.05, 4.69) is 15.7 Å². The first-order valence-electron chi connectivity index (χ1n) is 10.2. The number of nitrogens with zero attached hydrogens (tertiary/aromatic N) is 2. The van der Waals surface area contributed by atoms with Crippen molar-refractivity contribution < 1.29 is 14.7 Å². The van der Waals surface area contributed by atoms with Gasteiger partial charge in [0.2, 0.25) is 5.91 Å². The van der Waals surface area contributed by atoms with Crippen molar-refractivity contribution in [3.05, 3.63) is 35.9 Å². The summed E-state index contributed by atoms with van der Waals surface area (Å²) in [4.78, 5) is 23.0. The average molecular weight is 399 g/mol. The third-order valence-electron chi connectivity index (χ3n) is 4.91. The SMILES string of the molecule is Cc1cc(N=NC(=O)CCCCCCCCCC(=O)NN)c2ccccc2c1O. The molecule has 0 aromatic heterocycles. The highest BCUT2D eigenvalue weighted by atomic mass is 16.3. The topological polar surface area (TPSA) is 117 Å². The molecule has 0 heterocycles. The Balaban J connectivity index is 1.70. The van der Waals surface area contributed by atoms with Crippen molar-refractivity contribution in [1.82, 2.24) is 5.43 Å². The molecule has 0 saturated heterocycles. The predicted molar refractivity (Wildman–Crippen MR) is 114 cm³/mol. The summed E-state index contributed by atoms with van der Waals surface area (Å²) in [5.74, 6) is 4.92. The van der Waals surface area contributed by atoms with E-state index in [0.717, 1.165) is 50.3 Å². The van der Waals surface area contributed by atoms with E-state index in [1.807, 2.05) is 24.3 Å². The number of aromatic hydroxyl groups is 1. The molecule has 2 rings (SSSR count). The number of benzene rings is 2. The highest BCUT2D eigenvalue weighted by molar-refractivity contribution is 5.97. The normalized spacial score (nSPS) is 11.2. The van der Waals surface area contributed by atoms with Gasteiger partial charge >= 0.3 is 0 Å². The van der Waals surface area contributed by atoms with Crippen LogP contribution in [0.4, 0.5) is 5.69 Å². The molecule has 0 aliphatic heterocycles. The lowest BCUT2D eigenvalue weighted by molar-refractivity contribution is -0.121. The van der Waals surface area contributed by atoms with Gasteiger partial charge in [-0.25, -0.2) is 5.84 Å². The average Bonchev–Trinajstić information content (AvgIpc) is 2.73. The number of aryl methyl sites for hydroxylation is 1. The zero-order chi connectivity index (χ0) is 21.1. The van der Waals surface area contributed by atoms with Crippen molar-refractivity contribution >= 4 is 28.3 Å². The Morgan fingerprint density at radius 2 is 1.55 bits per heavy atom. The summed E-state index contributed by atoms with van der Waals surface area (Å²) in [7, 11) is 0. The zero-order valence-corrected chi connectivity index (χ0v) is 17.0. The Labute approximate surface area is 171 Å². The summed E-state index contributed by atoms with van der Waals surface area (Å²) in [5, 5.41) is 19.6. The number of carbonyl (C=O) groups is 2. The van der Waals surface area contributed by atoms with E-state index in [4.69, 9.17) is 5.84 Å². The quantitative estimate of drug-likeness (QED) is 0.163. The lowest BCUT2D eigenvalue weighted by Crippen LogP contribution is -2.29. The Kier molecular flexibility index (Phi) is 9.24. The fourth-order valence-corrected chi connectivity index (χ4v) is 3.24. The van der Waals surface area contributed by atoms with E-state index in [0.29, 0.717) is 29.5 Å². The van der Waals surface area contributed by atoms with Crippen LogP contribution in [0.15, 0.2) is 40.6 Å². The standard InChI is InChI=1S/C22H30N4O3/c1-16-15-19(17-11-9-10-12-18(17)22(16)29)25-26-21(28)14-8-6-4-2-3-5-7-13-20(27)24-23/h9-12,15,29H,2-8,13-14,23H2,1H3,(H,24,27). The molecule has 0 saturated carbocycles. The molecule has 0 fully saturated rings. The van der Waals surface area contributed by atoms with Gasteiger partial charge in [-0.3, -0.25) is 15.0 Å². The molecular formula is C22H30N4O3. The number of fused-ring (bicyclic) bond motifs is 1. The minimum Gasteiger partial charge on any atom is -0.507 e. The Bertz CT molecular complexity index is 865. The van der Waals surface area contributed by atoms with Gasteiger partial charge in [-0.15, -0.1) is 10.2 Å². The third kappa shape index (κ3) is 7.27. The molecule has 29 heavy (non-hydrogen) atoms. The smallest absolute Gasteiger partial charge is 0.264 e. The molecule has 0 aliphatic rings. The maximum atomic E-state index is 12.0. The van der Waals surface area contributed by atoms with Crippen molar-refractivity contribution in [3.63, 3.8) is 0 Å². The van der Waals surface area contributed by atoms with Crippen LogP contribution in [0, 0.1) is 6.92 Å². The van der Waals surface area contributed by atoms with Gasteiger partial charge in [0.05, 0.1) is 5.69 Å². The second kappa shape index (κ2) is 11.9. The molecule has 7 nitrogen and oxygen atoms in total. The molecule has 2 amide bonds. The van der Waals surface area contributed by atoms with E-state index in [-0.39, 0.29) is 17.6 Å². The first kappa shape index (κ1) is 22.5. The van der Waals surface area contributed by atoms with Crippen LogP contribution in [0.3, 0.4) is 0 Å². The summed E-state index contributed by atoms with van der Waals surface area (Å²) in [6.45, 7) is 1.80. The molecule has 7 heteroatoms. The summed E-state index contributed by atoms with van der Waals surface area (Å²) < 4.78 is 0. The van der Waals surface area contributed by atoms with Crippen molar-refractivity contribution in [2.45, 2.75) is 64.7 Å². The van der Waals surface area contributed by atoms with E-state index in [1.165, 1.54) is 0 Å². The summed E-state index contributed by atoms with van der Waals surface area (Å²) >= 11 is 0. The predicted octanol–water partition coefficient (Wildman–Crippen LogP) is 4.96. The number of hydrazine groups is 1. The minimum absolute atomic E-state index is 0.117. The number of nitrogens with two attached hydrogens (primary N) is 1. The molecule has 0 unspecified atom stereocenters. The maximum absolute atomic E-state index is 12.0. The molecule has 2 aromatic carbocycles. The second-order valence-electron chi connectivity index (χ2n) is 7.24. The molecule has 0 atom stereocenters. The van der Waals surface area contributed by atoms with Gasteiger partial charge in [-0.05, 0) is 31.4 Å². The van der Waals surface area contributed by atoms with Gasteiger partial charge in [-0.2, -0.15) is 0 Å². The van der Waals surface area contributed by atoms with E-state index in [9.17, 15) is 14.7 Å². The van der Waals surface area contributed by atoms with Crippen LogP contribution in [-0.4, -0.2) is 16.9 Å². The Hall–Kier alpha value is -2.80. The lowest BCUT2D eigenvalue weighted by atomic mass is 10.0. The molecule has 0 bridgehead atoms. The van der Waals surface area contributed by atoms with Gasteiger partial charge in [0.15, 0.2) is 0 Å². The van der Waals surface area contributed by atoms with Crippen molar-refractivity contribution in [1.29, 1.82) is 0 Å². The van der Waals surface area contributed by atoms with Crippen LogP contribution in [0.25, 0.3) is 10.8 Å². The molecular weight excluding hydrogens is 368 g/mol. The van der Waals surface area contributed by atoms with E-state index >= 15 is 0 Å². The monoisotopic (exact) mass is 398 g/mol. The van der Waals surface area contributed by atoms with Gasteiger partial charge in [-0.1, -0.05) is 56.4 Å². The number of phenols is 1. The van der Waals surface area contributed by atoms with Crippen molar-refractivity contribution in [2.24, 2.45) is 16.1 Å². The van der Waals surface area contributed by atoms with Gasteiger partial charge in [0.25, 0.3) is 5.91 Å². The van der Waals surface area contributed by atoms with Gasteiger partial charge in [0.1, 0.15) is 5.75 Å². The van der Waals surface area contributed by atoms with Crippen LogP contribution in [-0.2, 0) is 9.59 Å². The first-order valence-corrected chi connectivity index (χ1v) is 10.2. The van der Waals surface area contributed by atoms with Crippen LogP contribution in [0.5, 0.6) is 5.75 Å². The maximum Gasteiger partial charge on any atom is 0.264 e. The van der Waals surface area contributed by atoms with Gasteiger partial charge in [0, 0.05) is 23.6 Å². The second-order valence-corrected chi connectivity index (χ2v) is 7.24. The van der Waals surface area contributed by atoms with Crippen molar-refractivity contribution in [3.8, 4) is 5.75 Å². The number of unbranched alkanes of at least 4 members (excludes halogenated alkanes) is 6. The summed E-state index contributed by atoms with van der Waals surface area (Å²) in [5.41, 5.74) is 3.42. The lowest BCUT2D eigenvalue weighted by Gasteiger charge is -2.06. The first-order chi connectivity index (χ1) is 14.0. The minimum atomic E-state index is -0.229. The van der Waals surface area contributed by atoms with E-state index in [1.54, 1.807) is 13.0 Å². The number of carbonyl (C=O) groups excluding carboxylic acids is 2. The Morgan fingerprint density at radius 3 is 2.21 bits per heavy atom. The van der Waals surface area contributed by atoms with E-state index < -0.39 is 0 Å². The molecule has 2 aromatic rings. The molecule has 0 spiro atoms. The molecule has 0 radical (unpaired) electrons. The number of hydrogen-bond donors (Lipinski definition) is 3. The highest BCUT2D eigenvalue weighted by Gasteiger charge is 2.08. The molecule has 156 valence electrons. The summed E-state index contributed by atoms with van der Waals surface area (Å²) in [6.07, 6.45) is 7.75. The number of hydrogen-bond acceptors (Lipinski definition) is 5. The zero-order valence-electron chi connectivity index (χ0n) is 17.0. The Morgan fingerprint density at radius 1 is 0.966 bits per heavy atom. The fourth-order valence-electron chi connectivity index (χ4n) is 3.24. The van der Waals surface area contributed by atoms with Crippen LogP contribution < -0.4 is 11.3 Å². The fraction of sp³-hybridized carbons (Fsp3) is 0.455. The molecule has 0 aliphatic carbocycles. The third-order valence-corrected chi connectivity index (χ3v) is 4.91. The highest BCUT2D eigenvalue weighted by Crippen LogP contribution is 2.35. The van der Waals surface area contributed by atoms with Crippen LogP contribution >= 0.6 is 0 Å². The van der Waals surface area contributed by atoms with Crippen molar-refractivity contribution in [2.75, 3.05) is 0 Å². The number of azo groups is 1. The largest absolute Gasteiger partial charge is 0.507 e. The summed E-state index contributed by atoms with van der Waals surface area (Å²) in [6, 6.07) is 9.14. The molecule has 4 N–H and O–H groups in total. The number of nitrogens with one attached hydrogen (secondary N) is 1. The number of phenolic OH excluding ortho intramolecular Hbond substituents is 1.